The minimum absolute atomic E-state index is 0.0608. The second-order valence-corrected chi connectivity index (χ2v) is 6.48. The van der Waals surface area contributed by atoms with Crippen molar-refractivity contribution in [3.8, 4) is 5.82 Å². The lowest BCUT2D eigenvalue weighted by molar-refractivity contribution is 0.0750. The standard InChI is InChI=1S/C15H16N8OS/c1-11-14(25-10-19-11)15(24)22-4-2-21(3-5-22)12-6-13(18-8-17-12)23-9-16-7-20-23/h6-10H,2-5H2,1H3. The number of carbonyl (C=O) groups is 1. The van der Waals surface area contributed by atoms with Crippen LogP contribution in [0.3, 0.4) is 0 Å². The SMILES string of the molecule is Cc1ncsc1C(=O)N1CCN(c2cc(-n3cncn3)ncn2)CC1. The fourth-order valence-corrected chi connectivity index (χ4v) is 3.52. The first kappa shape index (κ1) is 15.6. The van der Waals surface area contributed by atoms with E-state index in [9.17, 15) is 4.79 Å². The molecule has 0 saturated carbocycles. The molecule has 0 spiro atoms. The predicted molar refractivity (Wildman–Crippen MR) is 91.9 cm³/mol. The molecule has 0 unspecified atom stereocenters. The van der Waals surface area contributed by atoms with Gasteiger partial charge in [-0.25, -0.2) is 24.6 Å². The molecule has 10 heteroatoms. The highest BCUT2D eigenvalue weighted by Crippen LogP contribution is 2.19. The van der Waals surface area contributed by atoms with Gasteiger partial charge in [-0.3, -0.25) is 4.79 Å². The van der Waals surface area contributed by atoms with Crippen molar-refractivity contribution in [1.29, 1.82) is 0 Å². The van der Waals surface area contributed by atoms with E-state index in [1.807, 2.05) is 17.9 Å². The minimum Gasteiger partial charge on any atom is -0.353 e. The van der Waals surface area contributed by atoms with Crippen LogP contribution in [0.5, 0.6) is 0 Å². The van der Waals surface area contributed by atoms with Crippen LogP contribution < -0.4 is 4.90 Å². The number of hydrogen-bond donors (Lipinski definition) is 0. The molecule has 25 heavy (non-hydrogen) atoms. The van der Waals surface area contributed by atoms with Gasteiger partial charge >= 0.3 is 0 Å². The van der Waals surface area contributed by atoms with E-state index in [-0.39, 0.29) is 5.91 Å². The van der Waals surface area contributed by atoms with Gasteiger partial charge in [-0.05, 0) is 6.92 Å². The van der Waals surface area contributed by atoms with Crippen molar-refractivity contribution in [2.45, 2.75) is 6.92 Å². The highest BCUT2D eigenvalue weighted by atomic mass is 32.1. The Kier molecular flexibility index (Phi) is 4.10. The summed E-state index contributed by atoms with van der Waals surface area (Å²) in [5.74, 6) is 1.55. The molecule has 1 aliphatic rings. The van der Waals surface area contributed by atoms with Crippen molar-refractivity contribution in [2.75, 3.05) is 31.1 Å². The van der Waals surface area contributed by atoms with Crippen molar-refractivity contribution >= 4 is 23.1 Å². The number of amides is 1. The number of thiazole rings is 1. The lowest BCUT2D eigenvalue weighted by Crippen LogP contribution is -2.49. The summed E-state index contributed by atoms with van der Waals surface area (Å²) in [7, 11) is 0. The molecule has 3 aromatic heterocycles. The van der Waals surface area contributed by atoms with E-state index in [0.29, 0.717) is 18.9 Å². The zero-order chi connectivity index (χ0) is 17.2. The molecule has 0 aliphatic carbocycles. The zero-order valence-electron chi connectivity index (χ0n) is 13.6. The van der Waals surface area contributed by atoms with Gasteiger partial charge in [-0.2, -0.15) is 5.10 Å². The Morgan fingerprint density at radius 2 is 1.88 bits per heavy atom. The first-order chi connectivity index (χ1) is 12.2. The smallest absolute Gasteiger partial charge is 0.265 e. The molecular formula is C15H16N8OS. The van der Waals surface area contributed by atoms with E-state index in [0.717, 1.165) is 29.5 Å². The van der Waals surface area contributed by atoms with Crippen molar-refractivity contribution in [3.63, 3.8) is 0 Å². The monoisotopic (exact) mass is 356 g/mol. The molecular weight excluding hydrogens is 340 g/mol. The summed E-state index contributed by atoms with van der Waals surface area (Å²) in [6.07, 6.45) is 4.58. The Hall–Kier alpha value is -2.88. The maximum atomic E-state index is 12.6. The third kappa shape index (κ3) is 3.07. The Morgan fingerprint density at radius 1 is 1.08 bits per heavy atom. The van der Waals surface area contributed by atoms with Crippen molar-refractivity contribution in [1.82, 2.24) is 34.6 Å². The molecule has 0 bridgehead atoms. The van der Waals surface area contributed by atoms with Crippen molar-refractivity contribution in [3.05, 3.63) is 41.1 Å². The molecule has 128 valence electrons. The van der Waals surface area contributed by atoms with E-state index < -0.39 is 0 Å². The van der Waals surface area contributed by atoms with Crippen molar-refractivity contribution in [2.24, 2.45) is 0 Å². The van der Waals surface area contributed by atoms with Crippen LogP contribution >= 0.6 is 11.3 Å². The molecule has 1 aliphatic heterocycles. The van der Waals surface area contributed by atoms with E-state index >= 15 is 0 Å². The van der Waals surface area contributed by atoms with Crippen LogP contribution in [0.1, 0.15) is 15.4 Å². The number of nitrogens with zero attached hydrogens (tertiary/aromatic N) is 8. The molecule has 1 saturated heterocycles. The Labute approximate surface area is 148 Å². The number of aryl methyl sites for hydroxylation is 1. The van der Waals surface area contributed by atoms with E-state index in [1.165, 1.54) is 24.0 Å². The number of hydrogen-bond acceptors (Lipinski definition) is 8. The molecule has 0 aromatic carbocycles. The largest absolute Gasteiger partial charge is 0.353 e. The maximum Gasteiger partial charge on any atom is 0.265 e. The summed E-state index contributed by atoms with van der Waals surface area (Å²) in [5.41, 5.74) is 2.51. The molecule has 1 fully saturated rings. The highest BCUT2D eigenvalue weighted by molar-refractivity contribution is 7.11. The number of carbonyl (C=O) groups excluding carboxylic acids is 1. The fourth-order valence-electron chi connectivity index (χ4n) is 2.75. The van der Waals surface area contributed by atoms with Crippen LogP contribution in [-0.2, 0) is 0 Å². The summed E-state index contributed by atoms with van der Waals surface area (Å²) in [6.45, 7) is 4.61. The number of aromatic nitrogens is 6. The topological polar surface area (TPSA) is 92.9 Å². The average molecular weight is 356 g/mol. The molecule has 1 amide bonds. The van der Waals surface area contributed by atoms with Gasteiger partial charge in [0.2, 0.25) is 0 Å². The van der Waals surface area contributed by atoms with Gasteiger partial charge in [0.05, 0.1) is 11.2 Å². The molecule has 0 N–H and O–H groups in total. The summed E-state index contributed by atoms with van der Waals surface area (Å²) in [4.78, 5) is 34.0. The van der Waals surface area contributed by atoms with Crippen LogP contribution in [0.2, 0.25) is 0 Å². The average Bonchev–Trinajstić information content (AvgIpc) is 3.33. The molecule has 4 rings (SSSR count). The van der Waals surface area contributed by atoms with Gasteiger partial charge < -0.3 is 9.80 Å². The number of piperazine rings is 1. The van der Waals surface area contributed by atoms with Gasteiger partial charge in [-0.1, -0.05) is 0 Å². The Morgan fingerprint density at radius 3 is 2.56 bits per heavy atom. The van der Waals surface area contributed by atoms with Gasteiger partial charge in [0.25, 0.3) is 5.91 Å². The van der Waals surface area contributed by atoms with Gasteiger partial charge in [0.15, 0.2) is 5.82 Å². The predicted octanol–water partition coefficient (Wildman–Crippen LogP) is 0.785. The van der Waals surface area contributed by atoms with Crippen LogP contribution in [0, 0.1) is 6.92 Å². The fraction of sp³-hybridized carbons (Fsp3) is 0.333. The van der Waals surface area contributed by atoms with E-state index in [2.05, 4.69) is 29.9 Å². The lowest BCUT2D eigenvalue weighted by atomic mass is 10.2. The van der Waals surface area contributed by atoms with Gasteiger partial charge in [0.1, 0.15) is 29.7 Å². The number of anilines is 1. The van der Waals surface area contributed by atoms with E-state index in [4.69, 9.17) is 0 Å². The third-order valence-electron chi connectivity index (χ3n) is 4.12. The molecule has 9 nitrogen and oxygen atoms in total. The van der Waals surface area contributed by atoms with Crippen molar-refractivity contribution < 1.29 is 4.79 Å². The van der Waals surface area contributed by atoms with Crippen LogP contribution in [0.25, 0.3) is 5.82 Å². The van der Waals surface area contributed by atoms with Crippen LogP contribution in [-0.4, -0.2) is 66.7 Å². The molecule has 4 heterocycles. The summed E-state index contributed by atoms with van der Waals surface area (Å²) in [6, 6.07) is 1.87. The second-order valence-electron chi connectivity index (χ2n) is 5.62. The third-order valence-corrected chi connectivity index (χ3v) is 5.04. The van der Waals surface area contributed by atoms with Crippen LogP contribution in [0.15, 0.2) is 30.6 Å². The normalized spacial score (nSPS) is 14.8. The lowest BCUT2D eigenvalue weighted by Gasteiger charge is -2.35. The minimum atomic E-state index is 0.0608. The molecule has 3 aromatic rings. The first-order valence-electron chi connectivity index (χ1n) is 7.84. The second kappa shape index (κ2) is 6.55. The van der Waals surface area contributed by atoms with Crippen LogP contribution in [0.4, 0.5) is 5.82 Å². The van der Waals surface area contributed by atoms with Gasteiger partial charge in [-0.15, -0.1) is 11.3 Å². The quantitative estimate of drug-likeness (QED) is 0.685. The van der Waals surface area contributed by atoms with E-state index in [1.54, 1.807) is 16.5 Å². The van der Waals surface area contributed by atoms with Gasteiger partial charge in [0, 0.05) is 32.2 Å². The zero-order valence-corrected chi connectivity index (χ0v) is 14.4. The first-order valence-corrected chi connectivity index (χ1v) is 8.71. The summed E-state index contributed by atoms with van der Waals surface area (Å²) >= 11 is 1.40. The maximum absolute atomic E-state index is 12.6. The Bertz CT molecular complexity index is 869. The highest BCUT2D eigenvalue weighted by Gasteiger charge is 2.25. The summed E-state index contributed by atoms with van der Waals surface area (Å²) < 4.78 is 1.59. The molecule has 0 radical (unpaired) electrons. The Balaban J connectivity index is 1.45. The summed E-state index contributed by atoms with van der Waals surface area (Å²) in [5, 5.41) is 4.08. The number of rotatable bonds is 3. The molecule has 0 atom stereocenters.